The van der Waals surface area contributed by atoms with Crippen molar-refractivity contribution in [2.75, 3.05) is 45.2 Å². The molecule has 136 valence electrons. The fourth-order valence-corrected chi connectivity index (χ4v) is 3.53. The lowest BCUT2D eigenvalue weighted by Crippen LogP contribution is -2.42. The number of ether oxygens (including phenoxy) is 1. The van der Waals surface area contributed by atoms with Crippen LogP contribution < -0.4 is 10.6 Å². The normalized spacial score (nSPS) is 23.3. The molecule has 7 nitrogen and oxygen atoms in total. The molecule has 2 saturated heterocycles. The zero-order valence-electron chi connectivity index (χ0n) is 15.0. The van der Waals surface area contributed by atoms with Crippen LogP contribution in [0.4, 0.5) is 5.82 Å². The molecule has 1 atom stereocenters. The van der Waals surface area contributed by atoms with Crippen molar-refractivity contribution >= 4 is 17.7 Å². The van der Waals surface area contributed by atoms with Crippen LogP contribution >= 0.6 is 0 Å². The summed E-state index contributed by atoms with van der Waals surface area (Å²) in [5.41, 5.74) is 1.18. The maximum absolute atomic E-state index is 12.1. The SMILES string of the molecule is CN=C(NCCC(=O)Nc1cccc(C)n1)N1CCC2(CCOC2)C1. The van der Waals surface area contributed by atoms with Gasteiger partial charge in [-0.2, -0.15) is 0 Å². The molecule has 0 aliphatic carbocycles. The fraction of sp³-hybridized carbons (Fsp3) is 0.611. The van der Waals surface area contributed by atoms with Gasteiger partial charge in [-0.3, -0.25) is 9.79 Å². The van der Waals surface area contributed by atoms with Crippen molar-refractivity contribution in [3.63, 3.8) is 0 Å². The van der Waals surface area contributed by atoms with Crippen molar-refractivity contribution in [3.05, 3.63) is 23.9 Å². The molecule has 1 spiro atoms. The highest BCUT2D eigenvalue weighted by Gasteiger charge is 2.42. The zero-order chi connectivity index (χ0) is 17.7. The van der Waals surface area contributed by atoms with Crippen molar-refractivity contribution in [2.24, 2.45) is 10.4 Å². The quantitative estimate of drug-likeness (QED) is 0.637. The lowest BCUT2D eigenvalue weighted by Gasteiger charge is -2.24. The maximum Gasteiger partial charge on any atom is 0.227 e. The van der Waals surface area contributed by atoms with E-state index in [1.54, 1.807) is 13.1 Å². The van der Waals surface area contributed by atoms with E-state index < -0.39 is 0 Å². The van der Waals surface area contributed by atoms with E-state index in [1.165, 1.54) is 0 Å². The molecular weight excluding hydrogens is 318 g/mol. The highest BCUT2D eigenvalue weighted by Crippen LogP contribution is 2.38. The first-order valence-corrected chi connectivity index (χ1v) is 8.87. The number of guanidine groups is 1. The summed E-state index contributed by atoms with van der Waals surface area (Å²) in [6.45, 7) is 6.14. The molecule has 3 heterocycles. The Balaban J connectivity index is 1.43. The van der Waals surface area contributed by atoms with Crippen LogP contribution in [0, 0.1) is 12.3 Å². The Kier molecular flexibility index (Phi) is 5.53. The lowest BCUT2D eigenvalue weighted by atomic mass is 9.87. The molecule has 2 aliphatic heterocycles. The monoisotopic (exact) mass is 345 g/mol. The number of pyridine rings is 1. The number of hydrogen-bond acceptors (Lipinski definition) is 4. The van der Waals surface area contributed by atoms with Gasteiger partial charge in [0.05, 0.1) is 6.61 Å². The molecule has 7 heteroatoms. The van der Waals surface area contributed by atoms with Crippen molar-refractivity contribution in [1.29, 1.82) is 0 Å². The van der Waals surface area contributed by atoms with Crippen molar-refractivity contribution in [1.82, 2.24) is 15.2 Å². The van der Waals surface area contributed by atoms with Gasteiger partial charge in [0.2, 0.25) is 5.91 Å². The molecule has 2 fully saturated rings. The summed E-state index contributed by atoms with van der Waals surface area (Å²) < 4.78 is 5.58. The molecule has 0 saturated carbocycles. The number of aliphatic imine (C=N–C) groups is 1. The van der Waals surface area contributed by atoms with Gasteiger partial charge in [0.25, 0.3) is 0 Å². The largest absolute Gasteiger partial charge is 0.381 e. The Morgan fingerprint density at radius 1 is 1.44 bits per heavy atom. The van der Waals surface area contributed by atoms with Crippen LogP contribution in [0.3, 0.4) is 0 Å². The van der Waals surface area contributed by atoms with Gasteiger partial charge in [0, 0.05) is 50.8 Å². The Bertz CT molecular complexity index is 640. The first-order chi connectivity index (χ1) is 12.1. The summed E-state index contributed by atoms with van der Waals surface area (Å²) >= 11 is 0. The smallest absolute Gasteiger partial charge is 0.227 e. The van der Waals surface area contributed by atoms with Gasteiger partial charge in [-0.05, 0) is 31.9 Å². The highest BCUT2D eigenvalue weighted by atomic mass is 16.5. The summed E-state index contributed by atoms with van der Waals surface area (Å²) in [7, 11) is 1.79. The van der Waals surface area contributed by atoms with E-state index in [0.717, 1.165) is 50.8 Å². The molecule has 0 radical (unpaired) electrons. The molecule has 0 aromatic carbocycles. The molecule has 3 rings (SSSR count). The van der Waals surface area contributed by atoms with E-state index in [4.69, 9.17) is 4.74 Å². The summed E-state index contributed by atoms with van der Waals surface area (Å²) in [5.74, 6) is 1.41. The van der Waals surface area contributed by atoms with Crippen LogP contribution in [0.2, 0.25) is 0 Å². The number of anilines is 1. The summed E-state index contributed by atoms with van der Waals surface area (Å²) in [5, 5.41) is 6.12. The lowest BCUT2D eigenvalue weighted by molar-refractivity contribution is -0.116. The predicted octanol–water partition coefficient (Wildman–Crippen LogP) is 1.41. The van der Waals surface area contributed by atoms with Gasteiger partial charge >= 0.3 is 0 Å². The van der Waals surface area contributed by atoms with E-state index in [1.807, 2.05) is 19.1 Å². The summed E-state index contributed by atoms with van der Waals surface area (Å²) in [6, 6.07) is 5.58. The number of hydrogen-bond donors (Lipinski definition) is 2. The third-order valence-electron chi connectivity index (χ3n) is 4.93. The number of rotatable bonds is 4. The molecule has 1 aromatic heterocycles. The second-order valence-corrected chi connectivity index (χ2v) is 6.91. The molecule has 1 aromatic rings. The number of aryl methyl sites for hydroxylation is 1. The van der Waals surface area contributed by atoms with Gasteiger partial charge < -0.3 is 20.3 Å². The molecule has 0 bridgehead atoms. The highest BCUT2D eigenvalue weighted by molar-refractivity contribution is 5.90. The first kappa shape index (κ1) is 17.7. The van der Waals surface area contributed by atoms with Gasteiger partial charge in [-0.25, -0.2) is 4.98 Å². The van der Waals surface area contributed by atoms with E-state index >= 15 is 0 Å². The topological polar surface area (TPSA) is 78.8 Å². The third-order valence-corrected chi connectivity index (χ3v) is 4.93. The molecule has 2 aliphatic rings. The van der Waals surface area contributed by atoms with Crippen molar-refractivity contribution in [3.8, 4) is 0 Å². The third kappa shape index (κ3) is 4.48. The second kappa shape index (κ2) is 7.82. The number of amides is 1. The van der Waals surface area contributed by atoms with Gasteiger partial charge in [0.1, 0.15) is 5.82 Å². The molecule has 25 heavy (non-hydrogen) atoms. The predicted molar refractivity (Wildman–Crippen MR) is 97.6 cm³/mol. The minimum Gasteiger partial charge on any atom is -0.381 e. The van der Waals surface area contributed by atoms with Crippen molar-refractivity contribution < 1.29 is 9.53 Å². The Morgan fingerprint density at radius 2 is 2.32 bits per heavy atom. The number of nitrogens with one attached hydrogen (secondary N) is 2. The summed E-state index contributed by atoms with van der Waals surface area (Å²) in [6.07, 6.45) is 2.65. The standard InChI is InChI=1S/C18H27N5O2/c1-14-4-3-5-15(21-14)22-16(24)6-9-20-17(19-2)23-10-7-18(12-23)8-11-25-13-18/h3-5H,6-13H2,1-2H3,(H,19,20)(H,21,22,24). The average molecular weight is 345 g/mol. The van der Waals surface area contributed by atoms with Crippen LogP contribution in [0.5, 0.6) is 0 Å². The van der Waals surface area contributed by atoms with E-state index in [-0.39, 0.29) is 5.91 Å². The fourth-order valence-electron chi connectivity index (χ4n) is 3.53. The maximum atomic E-state index is 12.1. The summed E-state index contributed by atoms with van der Waals surface area (Å²) in [4.78, 5) is 23.0. The Labute approximate surface area is 148 Å². The average Bonchev–Trinajstić information content (AvgIpc) is 3.22. The molecular formula is C18H27N5O2. The van der Waals surface area contributed by atoms with Gasteiger partial charge in [-0.1, -0.05) is 6.07 Å². The number of aromatic nitrogens is 1. The Morgan fingerprint density at radius 3 is 3.04 bits per heavy atom. The molecule has 1 amide bonds. The minimum atomic E-state index is -0.0526. The van der Waals surface area contributed by atoms with Gasteiger partial charge in [-0.15, -0.1) is 0 Å². The van der Waals surface area contributed by atoms with Crippen LogP contribution in [0.1, 0.15) is 25.0 Å². The number of carbonyl (C=O) groups is 1. The van der Waals surface area contributed by atoms with Crippen LogP contribution in [-0.2, 0) is 9.53 Å². The van der Waals surface area contributed by atoms with Crippen molar-refractivity contribution in [2.45, 2.75) is 26.2 Å². The number of carbonyl (C=O) groups excluding carboxylic acids is 1. The molecule has 2 N–H and O–H groups in total. The zero-order valence-corrected chi connectivity index (χ0v) is 15.0. The van der Waals surface area contributed by atoms with Crippen LogP contribution in [0.25, 0.3) is 0 Å². The van der Waals surface area contributed by atoms with Crippen LogP contribution in [-0.4, -0.2) is 61.6 Å². The molecule has 1 unspecified atom stereocenters. The van der Waals surface area contributed by atoms with E-state index in [0.29, 0.717) is 24.2 Å². The number of nitrogens with zero attached hydrogens (tertiary/aromatic N) is 3. The van der Waals surface area contributed by atoms with Gasteiger partial charge in [0.15, 0.2) is 5.96 Å². The van der Waals surface area contributed by atoms with E-state index in [2.05, 4.69) is 25.5 Å². The minimum absolute atomic E-state index is 0.0526. The second-order valence-electron chi connectivity index (χ2n) is 6.91. The first-order valence-electron chi connectivity index (χ1n) is 8.87. The Hall–Kier alpha value is -2.15. The number of likely N-dealkylation sites (tertiary alicyclic amines) is 1. The van der Waals surface area contributed by atoms with E-state index in [9.17, 15) is 4.79 Å². The van der Waals surface area contributed by atoms with Crippen LogP contribution in [0.15, 0.2) is 23.2 Å².